The molecule has 0 aliphatic carbocycles. The van der Waals surface area contributed by atoms with E-state index in [0.717, 1.165) is 28.2 Å². The Bertz CT molecular complexity index is 991. The first-order valence-electron chi connectivity index (χ1n) is 10.1. The van der Waals surface area contributed by atoms with E-state index in [0.29, 0.717) is 6.42 Å². The predicted molar refractivity (Wildman–Crippen MR) is 115 cm³/mol. The third kappa shape index (κ3) is 6.60. The number of carbonyl (C=O) groups excluding carboxylic acids is 3. The molecule has 0 fully saturated rings. The third-order valence-corrected chi connectivity index (χ3v) is 4.81. The first kappa shape index (κ1) is 24.0. The van der Waals surface area contributed by atoms with E-state index in [-0.39, 0.29) is 18.9 Å². The molecule has 0 bridgehead atoms. The van der Waals surface area contributed by atoms with Gasteiger partial charge in [0.05, 0.1) is 6.10 Å². The van der Waals surface area contributed by atoms with Gasteiger partial charge in [-0.15, -0.1) is 0 Å². The van der Waals surface area contributed by atoms with Crippen molar-refractivity contribution in [2.45, 2.75) is 58.3 Å². The molecule has 2 atom stereocenters. The van der Waals surface area contributed by atoms with Crippen LogP contribution >= 0.6 is 0 Å². The molecule has 0 saturated heterocycles. The molecule has 9 nitrogen and oxygen atoms in total. The molecule has 2 aromatic rings. The van der Waals surface area contributed by atoms with Crippen LogP contribution in [-0.2, 0) is 30.3 Å². The lowest BCUT2D eigenvalue weighted by atomic mass is 10.0. The van der Waals surface area contributed by atoms with Gasteiger partial charge >= 0.3 is 12.2 Å². The normalized spacial score (nSPS) is 12.8. The number of aryl methyl sites for hydroxylation is 1. The number of hydrogen-bond acceptors (Lipinski definition) is 5. The zero-order valence-electron chi connectivity index (χ0n) is 18.2. The molecule has 2 rings (SSSR count). The quantitative estimate of drug-likeness (QED) is 0.245. The molecule has 1 aromatic heterocycles. The summed E-state index contributed by atoms with van der Waals surface area (Å²) in [4.78, 5) is 42.8. The second-order valence-electron chi connectivity index (χ2n) is 7.54. The van der Waals surface area contributed by atoms with Crippen LogP contribution in [0.2, 0.25) is 0 Å². The van der Waals surface area contributed by atoms with Gasteiger partial charge in [0, 0.05) is 37.1 Å². The number of H-pyrrole nitrogens is 1. The van der Waals surface area contributed by atoms with Crippen LogP contribution in [0, 0.1) is 6.92 Å². The summed E-state index contributed by atoms with van der Waals surface area (Å²) < 4.78 is 10.6. The number of methoxy groups -OCH3 is 1. The van der Waals surface area contributed by atoms with Crippen LogP contribution in [0.15, 0.2) is 24.4 Å². The van der Waals surface area contributed by atoms with Crippen LogP contribution in [0.1, 0.15) is 37.8 Å². The number of nitrogens with zero attached hydrogens (tertiary/aromatic N) is 2. The van der Waals surface area contributed by atoms with E-state index < -0.39 is 29.8 Å². The monoisotopic (exact) mass is 428 g/mol. The van der Waals surface area contributed by atoms with Crippen LogP contribution < -0.4 is 5.32 Å². The van der Waals surface area contributed by atoms with Crippen LogP contribution in [-0.4, -0.2) is 59.0 Å². The van der Waals surface area contributed by atoms with Crippen molar-refractivity contribution < 1.29 is 28.6 Å². The molecule has 2 N–H and O–H groups in total. The van der Waals surface area contributed by atoms with Crippen molar-refractivity contribution in [1.29, 1.82) is 0 Å². The maximum Gasteiger partial charge on any atom is 0.328 e. The van der Waals surface area contributed by atoms with Crippen molar-refractivity contribution in [3.63, 3.8) is 0 Å². The van der Waals surface area contributed by atoms with Gasteiger partial charge in [-0.3, -0.25) is 9.59 Å². The molecule has 0 aliphatic heterocycles. The summed E-state index contributed by atoms with van der Waals surface area (Å²) >= 11 is 0. The van der Waals surface area contributed by atoms with E-state index in [1.807, 2.05) is 31.3 Å². The van der Waals surface area contributed by atoms with Crippen LogP contribution in [0.5, 0.6) is 0 Å². The first-order valence-corrected chi connectivity index (χ1v) is 10.1. The number of amides is 1. The Hall–Kier alpha value is -3.29. The van der Waals surface area contributed by atoms with Crippen molar-refractivity contribution in [2.24, 2.45) is 0 Å². The summed E-state index contributed by atoms with van der Waals surface area (Å²) in [6, 6.07) is 4.87. The second-order valence-corrected chi connectivity index (χ2v) is 7.54. The molecule has 9 heteroatoms. The minimum atomic E-state index is -1.03. The summed E-state index contributed by atoms with van der Waals surface area (Å²) in [5, 5.41) is 3.67. The number of benzene rings is 1. The molecule has 1 aromatic carbocycles. The van der Waals surface area contributed by atoms with Gasteiger partial charge in [0.25, 0.3) is 0 Å². The van der Waals surface area contributed by atoms with Crippen molar-refractivity contribution in [2.75, 3.05) is 7.11 Å². The molecule has 0 spiro atoms. The lowest BCUT2D eigenvalue weighted by Gasteiger charge is -2.22. The van der Waals surface area contributed by atoms with Gasteiger partial charge in [-0.2, -0.15) is 4.79 Å². The second kappa shape index (κ2) is 11.2. The predicted octanol–water partition coefficient (Wildman–Crippen LogP) is 2.12. The summed E-state index contributed by atoms with van der Waals surface area (Å²) in [5.41, 5.74) is 11.4. The molecule has 1 amide bonds. The van der Waals surface area contributed by atoms with Gasteiger partial charge < -0.3 is 25.3 Å². The van der Waals surface area contributed by atoms with E-state index in [2.05, 4.69) is 15.1 Å². The number of esters is 1. The molecular formula is C22H28N4O5. The van der Waals surface area contributed by atoms with Crippen molar-refractivity contribution in [3.05, 3.63) is 41.1 Å². The van der Waals surface area contributed by atoms with Crippen LogP contribution in [0.25, 0.3) is 16.4 Å². The maximum atomic E-state index is 12.9. The third-order valence-electron chi connectivity index (χ3n) is 4.81. The summed E-state index contributed by atoms with van der Waals surface area (Å²) in [6.45, 7) is 5.38. The van der Waals surface area contributed by atoms with Crippen molar-refractivity contribution in [1.82, 2.24) is 10.3 Å². The number of carbonyl (C=O) groups is 3. The number of aromatic nitrogens is 1. The Labute approximate surface area is 180 Å². The number of hydrogen-bond donors (Lipinski definition) is 2. The lowest BCUT2D eigenvalue weighted by Crippen LogP contribution is -2.48. The number of fused-ring (bicyclic) bond motifs is 1. The molecule has 0 saturated carbocycles. The SMILES string of the molecule is CO[C@@H](Cc1c[nH]c2cccc(C)c12)C(=O)N[C@@H](CCC(=O)C=[N+]=[N-])C(=O)OC(C)C. The molecular weight excluding hydrogens is 400 g/mol. The average molecular weight is 428 g/mol. The van der Waals surface area contributed by atoms with Gasteiger partial charge in [-0.25, -0.2) is 4.79 Å². The number of nitrogens with one attached hydrogen (secondary N) is 2. The van der Waals surface area contributed by atoms with E-state index in [9.17, 15) is 14.4 Å². The lowest BCUT2D eigenvalue weighted by molar-refractivity contribution is -0.152. The highest BCUT2D eigenvalue weighted by Crippen LogP contribution is 2.23. The smallest absolute Gasteiger partial charge is 0.328 e. The zero-order chi connectivity index (χ0) is 23.0. The Morgan fingerprint density at radius 1 is 1.29 bits per heavy atom. The molecule has 0 unspecified atom stereocenters. The standard InChI is InChI=1S/C22H28N4O5/c1-13(2)31-22(29)18(9-8-16(27)12-25-23)26-21(28)19(30-4)10-15-11-24-17-7-5-6-14(3)20(15)17/h5-7,11-13,18-19,24H,8-10H2,1-4H3,(H,26,28)/t18-,19-/m0/s1. The Morgan fingerprint density at radius 2 is 2.03 bits per heavy atom. The molecule has 31 heavy (non-hydrogen) atoms. The summed E-state index contributed by atoms with van der Waals surface area (Å²) in [7, 11) is 1.43. The van der Waals surface area contributed by atoms with Gasteiger partial charge in [0.2, 0.25) is 11.7 Å². The summed E-state index contributed by atoms with van der Waals surface area (Å²) in [5.74, 6) is -1.61. The molecule has 0 aliphatic rings. The molecule has 1 heterocycles. The van der Waals surface area contributed by atoms with E-state index >= 15 is 0 Å². The Morgan fingerprint density at radius 3 is 2.68 bits per heavy atom. The average Bonchev–Trinajstić information content (AvgIpc) is 3.12. The van der Waals surface area contributed by atoms with Gasteiger partial charge in [0.1, 0.15) is 12.1 Å². The fourth-order valence-corrected chi connectivity index (χ4v) is 3.34. The maximum absolute atomic E-state index is 12.9. The summed E-state index contributed by atoms with van der Waals surface area (Å²) in [6.07, 6.45) is 1.58. The van der Waals surface area contributed by atoms with Crippen molar-refractivity contribution >= 4 is 34.8 Å². The van der Waals surface area contributed by atoms with Gasteiger partial charge in [0.15, 0.2) is 0 Å². The Balaban J connectivity index is 2.15. The molecule has 166 valence electrons. The Kier molecular flexibility index (Phi) is 8.66. The van der Waals surface area contributed by atoms with Gasteiger partial charge in [-0.05, 0) is 44.4 Å². The van der Waals surface area contributed by atoms with E-state index in [1.165, 1.54) is 7.11 Å². The first-order chi connectivity index (χ1) is 14.8. The van der Waals surface area contributed by atoms with Crippen LogP contribution in [0.4, 0.5) is 0 Å². The highest BCUT2D eigenvalue weighted by molar-refractivity contribution is 6.25. The number of ketones is 1. The zero-order valence-corrected chi connectivity index (χ0v) is 18.2. The van der Waals surface area contributed by atoms with Crippen LogP contribution in [0.3, 0.4) is 0 Å². The largest absolute Gasteiger partial charge is 0.461 e. The number of rotatable bonds is 11. The highest BCUT2D eigenvalue weighted by Gasteiger charge is 2.28. The van der Waals surface area contributed by atoms with Gasteiger partial charge in [-0.1, -0.05) is 12.1 Å². The number of aromatic amines is 1. The highest BCUT2D eigenvalue weighted by atomic mass is 16.5. The molecule has 0 radical (unpaired) electrons. The number of ether oxygens (including phenoxy) is 2. The minimum absolute atomic E-state index is 0.00474. The topological polar surface area (TPSA) is 134 Å². The van der Waals surface area contributed by atoms with Crippen molar-refractivity contribution in [3.8, 4) is 0 Å². The van der Waals surface area contributed by atoms with E-state index in [4.69, 9.17) is 15.0 Å². The fraction of sp³-hybridized carbons (Fsp3) is 0.455. The van der Waals surface area contributed by atoms with E-state index in [1.54, 1.807) is 13.8 Å². The number of Topliss-reactive ketones (excluding diaryl/α,β-unsaturated/α-hetero) is 1. The fourth-order valence-electron chi connectivity index (χ4n) is 3.34. The minimum Gasteiger partial charge on any atom is -0.461 e.